The Hall–Kier alpha value is -3.21. The lowest BCUT2D eigenvalue weighted by Gasteiger charge is -2.33. The molecule has 1 aliphatic rings. The zero-order valence-corrected chi connectivity index (χ0v) is 17.2. The molecule has 1 atom stereocenters. The zero-order chi connectivity index (χ0) is 20.6. The van der Waals surface area contributed by atoms with Gasteiger partial charge in [0, 0.05) is 31.4 Å². The number of hydrogen-bond donors (Lipinski definition) is 1. The Labute approximate surface area is 178 Å². The normalized spacial score (nSPS) is 16.3. The SMILES string of the molecule is O=C(NCCCc1ccccc1)C1CCCN(c2ccnc(-c3ccccc3)n2)C1. The number of aryl methyl sites for hydroxylation is 1. The first-order chi connectivity index (χ1) is 14.8. The molecule has 2 aromatic carbocycles. The maximum absolute atomic E-state index is 12.7. The van der Waals surface area contributed by atoms with Gasteiger partial charge in [0.2, 0.25) is 5.91 Å². The summed E-state index contributed by atoms with van der Waals surface area (Å²) in [6.07, 6.45) is 5.67. The zero-order valence-electron chi connectivity index (χ0n) is 17.2. The van der Waals surface area contributed by atoms with E-state index in [2.05, 4.69) is 39.5 Å². The Morgan fingerprint density at radius 1 is 1.03 bits per heavy atom. The van der Waals surface area contributed by atoms with Gasteiger partial charge in [-0.1, -0.05) is 60.7 Å². The fourth-order valence-electron chi connectivity index (χ4n) is 3.94. The molecule has 5 heteroatoms. The van der Waals surface area contributed by atoms with Crippen LogP contribution < -0.4 is 10.2 Å². The van der Waals surface area contributed by atoms with E-state index in [1.807, 2.05) is 42.5 Å². The van der Waals surface area contributed by atoms with Crippen molar-refractivity contribution in [3.8, 4) is 11.4 Å². The highest BCUT2D eigenvalue weighted by Crippen LogP contribution is 2.23. The molecule has 1 amide bonds. The van der Waals surface area contributed by atoms with Crippen LogP contribution in [0, 0.1) is 5.92 Å². The summed E-state index contributed by atoms with van der Waals surface area (Å²) < 4.78 is 0. The van der Waals surface area contributed by atoms with Crippen LogP contribution in [0.3, 0.4) is 0 Å². The fraction of sp³-hybridized carbons (Fsp3) is 0.320. The third-order valence-electron chi connectivity index (χ3n) is 5.57. The van der Waals surface area contributed by atoms with Crippen molar-refractivity contribution in [1.82, 2.24) is 15.3 Å². The average Bonchev–Trinajstić information content (AvgIpc) is 2.83. The van der Waals surface area contributed by atoms with Gasteiger partial charge in [0.15, 0.2) is 5.82 Å². The molecule has 0 bridgehead atoms. The number of carbonyl (C=O) groups excluding carboxylic acids is 1. The van der Waals surface area contributed by atoms with E-state index in [4.69, 9.17) is 4.98 Å². The molecule has 1 aromatic heterocycles. The van der Waals surface area contributed by atoms with E-state index >= 15 is 0 Å². The van der Waals surface area contributed by atoms with Crippen molar-refractivity contribution in [2.24, 2.45) is 5.92 Å². The van der Waals surface area contributed by atoms with Gasteiger partial charge in [-0.2, -0.15) is 0 Å². The molecular weight excluding hydrogens is 372 g/mol. The monoisotopic (exact) mass is 400 g/mol. The van der Waals surface area contributed by atoms with Gasteiger partial charge in [-0.05, 0) is 37.3 Å². The number of nitrogens with zero attached hydrogens (tertiary/aromatic N) is 3. The van der Waals surface area contributed by atoms with Gasteiger partial charge in [-0.15, -0.1) is 0 Å². The number of benzene rings is 2. The van der Waals surface area contributed by atoms with Crippen molar-refractivity contribution in [3.05, 3.63) is 78.5 Å². The number of aromatic nitrogens is 2. The maximum Gasteiger partial charge on any atom is 0.224 e. The summed E-state index contributed by atoms with van der Waals surface area (Å²) in [5, 5.41) is 3.13. The van der Waals surface area contributed by atoms with E-state index in [1.165, 1.54) is 5.56 Å². The first-order valence-corrected chi connectivity index (χ1v) is 10.7. The summed E-state index contributed by atoms with van der Waals surface area (Å²) in [5.74, 6) is 1.78. The summed E-state index contributed by atoms with van der Waals surface area (Å²) in [7, 11) is 0. The third-order valence-corrected chi connectivity index (χ3v) is 5.57. The highest BCUT2D eigenvalue weighted by Gasteiger charge is 2.26. The number of rotatable bonds is 7. The second-order valence-electron chi connectivity index (χ2n) is 7.77. The summed E-state index contributed by atoms with van der Waals surface area (Å²) in [6.45, 7) is 2.34. The van der Waals surface area contributed by atoms with Crippen molar-refractivity contribution in [1.29, 1.82) is 0 Å². The Bertz CT molecular complexity index is 946. The minimum atomic E-state index is 0.00520. The molecule has 1 aliphatic heterocycles. The number of carbonyl (C=O) groups is 1. The number of amides is 1. The minimum Gasteiger partial charge on any atom is -0.356 e. The molecule has 1 unspecified atom stereocenters. The summed E-state index contributed by atoms with van der Waals surface area (Å²) in [6, 6.07) is 22.3. The Balaban J connectivity index is 1.31. The van der Waals surface area contributed by atoms with Crippen LogP contribution in [0.25, 0.3) is 11.4 Å². The van der Waals surface area contributed by atoms with Crippen LogP contribution >= 0.6 is 0 Å². The van der Waals surface area contributed by atoms with Crippen molar-refractivity contribution in [2.45, 2.75) is 25.7 Å². The average molecular weight is 401 g/mol. The van der Waals surface area contributed by atoms with Crippen LogP contribution in [0.15, 0.2) is 72.9 Å². The number of anilines is 1. The maximum atomic E-state index is 12.7. The first kappa shape index (κ1) is 20.1. The molecular formula is C25H28N4O. The Morgan fingerprint density at radius 2 is 1.80 bits per heavy atom. The van der Waals surface area contributed by atoms with Gasteiger partial charge in [-0.3, -0.25) is 4.79 Å². The van der Waals surface area contributed by atoms with Crippen molar-refractivity contribution < 1.29 is 4.79 Å². The quantitative estimate of drug-likeness (QED) is 0.607. The topological polar surface area (TPSA) is 58.1 Å². The molecule has 1 fully saturated rings. The molecule has 4 rings (SSSR count). The third kappa shape index (κ3) is 5.23. The molecule has 1 saturated heterocycles. The second-order valence-corrected chi connectivity index (χ2v) is 7.77. The van der Waals surface area contributed by atoms with E-state index in [9.17, 15) is 4.79 Å². The van der Waals surface area contributed by atoms with Gasteiger partial charge in [0.05, 0.1) is 5.92 Å². The molecule has 0 radical (unpaired) electrons. The Morgan fingerprint density at radius 3 is 2.60 bits per heavy atom. The first-order valence-electron chi connectivity index (χ1n) is 10.7. The predicted octanol–water partition coefficient (Wildman–Crippen LogP) is 4.11. The highest BCUT2D eigenvalue weighted by molar-refractivity contribution is 5.79. The van der Waals surface area contributed by atoms with Gasteiger partial charge >= 0.3 is 0 Å². The Kier molecular flexibility index (Phi) is 6.70. The molecule has 0 saturated carbocycles. The van der Waals surface area contributed by atoms with Gasteiger partial charge in [0.1, 0.15) is 5.82 Å². The molecule has 5 nitrogen and oxygen atoms in total. The van der Waals surface area contributed by atoms with E-state index in [0.717, 1.165) is 56.0 Å². The predicted molar refractivity (Wildman–Crippen MR) is 120 cm³/mol. The van der Waals surface area contributed by atoms with Crippen LogP contribution in [-0.4, -0.2) is 35.5 Å². The van der Waals surface area contributed by atoms with Crippen molar-refractivity contribution >= 4 is 11.7 Å². The van der Waals surface area contributed by atoms with E-state index < -0.39 is 0 Å². The number of hydrogen-bond acceptors (Lipinski definition) is 4. The molecule has 0 spiro atoms. The van der Waals surface area contributed by atoms with Crippen LogP contribution in [0.5, 0.6) is 0 Å². The van der Waals surface area contributed by atoms with E-state index in [0.29, 0.717) is 6.54 Å². The summed E-state index contributed by atoms with van der Waals surface area (Å²) >= 11 is 0. The number of nitrogens with one attached hydrogen (secondary N) is 1. The minimum absolute atomic E-state index is 0.00520. The van der Waals surface area contributed by atoms with Crippen LogP contribution in [0.1, 0.15) is 24.8 Å². The lowest BCUT2D eigenvalue weighted by Crippen LogP contribution is -2.43. The van der Waals surface area contributed by atoms with Gasteiger partial charge < -0.3 is 10.2 Å². The van der Waals surface area contributed by atoms with Gasteiger partial charge in [0.25, 0.3) is 0 Å². The second kappa shape index (κ2) is 10.0. The van der Waals surface area contributed by atoms with Crippen LogP contribution in [0.4, 0.5) is 5.82 Å². The standard InChI is InChI=1S/C25H28N4O/c30-25(27-16-7-11-20-9-3-1-4-10-20)22-14-8-18-29(19-22)23-15-17-26-24(28-23)21-12-5-2-6-13-21/h1-6,9-10,12-13,15,17,22H,7-8,11,14,16,18-19H2,(H,27,30). The summed E-state index contributed by atoms with van der Waals surface area (Å²) in [4.78, 5) is 24.1. The van der Waals surface area contributed by atoms with Crippen LogP contribution in [0.2, 0.25) is 0 Å². The molecule has 3 aromatic rings. The summed E-state index contributed by atoms with van der Waals surface area (Å²) in [5.41, 5.74) is 2.32. The molecule has 30 heavy (non-hydrogen) atoms. The van der Waals surface area contributed by atoms with Crippen molar-refractivity contribution in [2.75, 3.05) is 24.5 Å². The molecule has 0 aliphatic carbocycles. The molecule has 1 N–H and O–H groups in total. The fourth-order valence-corrected chi connectivity index (χ4v) is 3.94. The van der Waals surface area contributed by atoms with Gasteiger partial charge in [-0.25, -0.2) is 9.97 Å². The van der Waals surface area contributed by atoms with Crippen LogP contribution in [-0.2, 0) is 11.2 Å². The van der Waals surface area contributed by atoms with E-state index in [-0.39, 0.29) is 11.8 Å². The number of piperidine rings is 1. The lowest BCUT2D eigenvalue weighted by molar-refractivity contribution is -0.125. The molecule has 2 heterocycles. The lowest BCUT2D eigenvalue weighted by atomic mass is 9.97. The van der Waals surface area contributed by atoms with Crippen molar-refractivity contribution in [3.63, 3.8) is 0 Å². The highest BCUT2D eigenvalue weighted by atomic mass is 16.1. The van der Waals surface area contributed by atoms with E-state index in [1.54, 1.807) is 6.20 Å². The largest absolute Gasteiger partial charge is 0.356 e. The smallest absolute Gasteiger partial charge is 0.224 e. The molecule has 154 valence electrons.